The Hall–Kier alpha value is -2.11. The van der Waals surface area contributed by atoms with Crippen LogP contribution in [0.25, 0.3) is 0 Å². The third-order valence-electron chi connectivity index (χ3n) is 3.52. The van der Waals surface area contributed by atoms with E-state index < -0.39 is 11.9 Å². The third-order valence-corrected chi connectivity index (χ3v) is 3.52. The van der Waals surface area contributed by atoms with Crippen LogP contribution in [0.1, 0.15) is 49.0 Å². The molecule has 0 spiro atoms. The first-order valence-electron chi connectivity index (χ1n) is 6.94. The summed E-state index contributed by atoms with van der Waals surface area (Å²) in [5.74, 6) is -0.808. The number of hydrogen-bond acceptors (Lipinski definition) is 4. The van der Waals surface area contributed by atoms with Crippen molar-refractivity contribution < 1.29 is 14.7 Å². The number of nitrogens with two attached hydrogens (primary N) is 1. The molecule has 0 radical (unpaired) electrons. The van der Waals surface area contributed by atoms with Crippen LogP contribution in [-0.4, -0.2) is 28.5 Å². The predicted molar refractivity (Wildman–Crippen MR) is 81.2 cm³/mol. The van der Waals surface area contributed by atoms with Gasteiger partial charge in [0.25, 0.3) is 5.91 Å². The summed E-state index contributed by atoms with van der Waals surface area (Å²) < 4.78 is 0. The van der Waals surface area contributed by atoms with E-state index in [1.165, 1.54) is 0 Å². The zero-order valence-electron chi connectivity index (χ0n) is 12.8. The molecular formula is C15H23N3O3. The van der Waals surface area contributed by atoms with Crippen LogP contribution < -0.4 is 11.1 Å². The van der Waals surface area contributed by atoms with Crippen molar-refractivity contribution >= 4 is 17.7 Å². The number of hydrogen-bond donors (Lipinski definition) is 3. The van der Waals surface area contributed by atoms with Crippen LogP contribution in [0.3, 0.4) is 0 Å². The molecule has 0 saturated heterocycles. The van der Waals surface area contributed by atoms with E-state index in [1.54, 1.807) is 12.3 Å². The average Bonchev–Trinajstić information content (AvgIpc) is 2.36. The molecule has 0 aliphatic heterocycles. The van der Waals surface area contributed by atoms with E-state index in [9.17, 15) is 9.59 Å². The Labute approximate surface area is 124 Å². The minimum absolute atomic E-state index is 0.0951. The monoisotopic (exact) mass is 293 g/mol. The van der Waals surface area contributed by atoms with Crippen molar-refractivity contribution in [2.24, 2.45) is 11.1 Å². The number of aryl methyl sites for hydroxylation is 1. The van der Waals surface area contributed by atoms with Crippen LogP contribution >= 0.6 is 0 Å². The van der Waals surface area contributed by atoms with Gasteiger partial charge in [0.05, 0.1) is 5.56 Å². The Morgan fingerprint density at radius 1 is 1.38 bits per heavy atom. The molecule has 1 amide bonds. The van der Waals surface area contributed by atoms with Crippen LogP contribution in [0, 0.1) is 12.3 Å². The molecule has 0 aliphatic rings. The summed E-state index contributed by atoms with van der Waals surface area (Å²) in [4.78, 5) is 26.2. The SMILES string of the molecule is Cc1ccnc(NCCC(C)(C)CCC(=O)O)c1C(N)=O. The zero-order chi connectivity index (χ0) is 16.0. The maximum Gasteiger partial charge on any atom is 0.303 e. The van der Waals surface area contributed by atoms with E-state index in [0.29, 0.717) is 24.3 Å². The van der Waals surface area contributed by atoms with E-state index in [2.05, 4.69) is 10.3 Å². The molecule has 6 heteroatoms. The first kappa shape index (κ1) is 16.9. The highest BCUT2D eigenvalue weighted by Gasteiger charge is 2.19. The minimum Gasteiger partial charge on any atom is -0.481 e. The average molecular weight is 293 g/mol. The number of anilines is 1. The fourth-order valence-corrected chi connectivity index (χ4v) is 2.09. The highest BCUT2D eigenvalue weighted by molar-refractivity contribution is 5.98. The van der Waals surface area contributed by atoms with Crippen molar-refractivity contribution in [1.29, 1.82) is 0 Å². The largest absolute Gasteiger partial charge is 0.481 e. The molecule has 0 aromatic carbocycles. The summed E-state index contributed by atoms with van der Waals surface area (Å²) >= 11 is 0. The number of carboxylic acids is 1. The molecule has 6 nitrogen and oxygen atoms in total. The van der Waals surface area contributed by atoms with Gasteiger partial charge in [0.15, 0.2) is 0 Å². The molecule has 21 heavy (non-hydrogen) atoms. The third kappa shape index (κ3) is 5.41. The molecule has 0 saturated carbocycles. The Morgan fingerprint density at radius 2 is 2.05 bits per heavy atom. The van der Waals surface area contributed by atoms with Gasteiger partial charge in [-0.05, 0) is 36.8 Å². The molecule has 1 rings (SSSR count). The number of aliphatic carboxylic acids is 1. The van der Waals surface area contributed by atoms with Crippen LogP contribution in [0.5, 0.6) is 0 Å². The van der Waals surface area contributed by atoms with Gasteiger partial charge in [-0.15, -0.1) is 0 Å². The van der Waals surface area contributed by atoms with Gasteiger partial charge in [0.1, 0.15) is 5.82 Å². The number of rotatable bonds is 8. The Bertz CT molecular complexity index is 527. The lowest BCUT2D eigenvalue weighted by Crippen LogP contribution is -2.21. The zero-order valence-corrected chi connectivity index (χ0v) is 12.8. The molecule has 0 bridgehead atoms. The van der Waals surface area contributed by atoms with Crippen molar-refractivity contribution in [2.75, 3.05) is 11.9 Å². The van der Waals surface area contributed by atoms with Gasteiger partial charge in [-0.3, -0.25) is 9.59 Å². The fraction of sp³-hybridized carbons (Fsp3) is 0.533. The van der Waals surface area contributed by atoms with Crippen molar-refractivity contribution in [3.63, 3.8) is 0 Å². The van der Waals surface area contributed by atoms with Crippen LogP contribution in [0.4, 0.5) is 5.82 Å². The molecule has 0 atom stereocenters. The number of carboxylic acid groups (broad SMARTS) is 1. The Balaban J connectivity index is 2.62. The lowest BCUT2D eigenvalue weighted by molar-refractivity contribution is -0.137. The Kier molecular flexibility index (Phi) is 5.69. The normalized spacial score (nSPS) is 11.2. The number of amides is 1. The van der Waals surface area contributed by atoms with Crippen molar-refractivity contribution in [1.82, 2.24) is 4.98 Å². The number of carbonyl (C=O) groups is 2. The van der Waals surface area contributed by atoms with E-state index in [1.807, 2.05) is 20.8 Å². The van der Waals surface area contributed by atoms with Crippen molar-refractivity contribution in [2.45, 2.75) is 40.0 Å². The maximum atomic E-state index is 11.5. The number of nitrogens with zero attached hydrogens (tertiary/aromatic N) is 1. The van der Waals surface area contributed by atoms with Gasteiger partial charge in [-0.1, -0.05) is 13.8 Å². The van der Waals surface area contributed by atoms with Gasteiger partial charge >= 0.3 is 5.97 Å². The second-order valence-electron chi connectivity index (χ2n) is 5.95. The molecule has 1 heterocycles. The van der Waals surface area contributed by atoms with Gasteiger partial charge < -0.3 is 16.2 Å². The molecule has 0 aliphatic carbocycles. The summed E-state index contributed by atoms with van der Waals surface area (Å²) in [5, 5.41) is 11.9. The van der Waals surface area contributed by atoms with Crippen molar-refractivity contribution in [3.05, 3.63) is 23.4 Å². The number of aromatic nitrogens is 1. The minimum atomic E-state index is -0.785. The van der Waals surface area contributed by atoms with E-state index >= 15 is 0 Å². The summed E-state index contributed by atoms with van der Waals surface area (Å²) in [6.07, 6.45) is 3.16. The number of carbonyl (C=O) groups excluding carboxylic acids is 1. The van der Waals surface area contributed by atoms with E-state index in [0.717, 1.165) is 12.0 Å². The van der Waals surface area contributed by atoms with Crippen LogP contribution in [-0.2, 0) is 4.79 Å². The summed E-state index contributed by atoms with van der Waals surface area (Å²) in [5.41, 5.74) is 6.46. The molecule has 1 aromatic rings. The lowest BCUT2D eigenvalue weighted by Gasteiger charge is -2.24. The summed E-state index contributed by atoms with van der Waals surface area (Å²) in [6, 6.07) is 1.74. The highest BCUT2D eigenvalue weighted by atomic mass is 16.4. The molecular weight excluding hydrogens is 270 g/mol. The van der Waals surface area contributed by atoms with E-state index in [4.69, 9.17) is 10.8 Å². The number of nitrogens with one attached hydrogen (secondary N) is 1. The molecule has 1 aromatic heterocycles. The van der Waals surface area contributed by atoms with Gasteiger partial charge in [0.2, 0.25) is 0 Å². The van der Waals surface area contributed by atoms with Gasteiger partial charge in [0, 0.05) is 19.2 Å². The molecule has 0 unspecified atom stereocenters. The fourth-order valence-electron chi connectivity index (χ4n) is 2.09. The van der Waals surface area contributed by atoms with E-state index in [-0.39, 0.29) is 11.8 Å². The molecule has 116 valence electrons. The smallest absolute Gasteiger partial charge is 0.303 e. The summed E-state index contributed by atoms with van der Waals surface area (Å²) in [7, 11) is 0. The quantitative estimate of drug-likeness (QED) is 0.681. The van der Waals surface area contributed by atoms with Gasteiger partial charge in [-0.2, -0.15) is 0 Å². The number of pyridine rings is 1. The second kappa shape index (κ2) is 7.06. The first-order valence-corrected chi connectivity index (χ1v) is 6.94. The van der Waals surface area contributed by atoms with Gasteiger partial charge in [-0.25, -0.2) is 4.98 Å². The standard InChI is InChI=1S/C15H23N3O3/c1-10-5-8-17-14(12(10)13(16)21)18-9-7-15(2,3)6-4-11(19)20/h5,8H,4,6-7,9H2,1-3H3,(H2,16,21)(H,17,18)(H,19,20). The highest BCUT2D eigenvalue weighted by Crippen LogP contribution is 2.27. The van der Waals surface area contributed by atoms with Crippen molar-refractivity contribution in [3.8, 4) is 0 Å². The Morgan fingerprint density at radius 3 is 2.62 bits per heavy atom. The first-order chi connectivity index (χ1) is 9.73. The van der Waals surface area contributed by atoms with Crippen LogP contribution in [0.2, 0.25) is 0 Å². The predicted octanol–water partition coefficient (Wildman–Crippen LogP) is 2.18. The van der Waals surface area contributed by atoms with Crippen LogP contribution in [0.15, 0.2) is 12.3 Å². The summed E-state index contributed by atoms with van der Waals surface area (Å²) in [6.45, 7) is 6.46. The molecule has 0 fully saturated rings. The topological polar surface area (TPSA) is 105 Å². The number of primary amides is 1. The second-order valence-corrected chi connectivity index (χ2v) is 5.95. The maximum absolute atomic E-state index is 11.5. The lowest BCUT2D eigenvalue weighted by atomic mass is 9.84. The molecule has 4 N–H and O–H groups in total.